The minimum Gasteiger partial charge on any atom is -0.254 e. The molecule has 10 aromatic rings. The van der Waals surface area contributed by atoms with Gasteiger partial charge in [-0.2, -0.15) is 0 Å². The summed E-state index contributed by atoms with van der Waals surface area (Å²) >= 11 is 0. The van der Waals surface area contributed by atoms with Crippen LogP contribution in [-0.2, 0) is 5.41 Å². The number of benzene rings is 6. The van der Waals surface area contributed by atoms with E-state index < -0.39 is 0 Å². The first-order valence-electron chi connectivity index (χ1n) is 18.8. The quantitative estimate of drug-likeness (QED) is 0.171. The summed E-state index contributed by atoms with van der Waals surface area (Å²) < 4.78 is 0. The van der Waals surface area contributed by atoms with Gasteiger partial charge in [-0.15, -0.1) is 0 Å². The number of hydrogen-bond acceptors (Lipinski definition) is 4. The summed E-state index contributed by atoms with van der Waals surface area (Å²) in [4.78, 5) is 18.8. The van der Waals surface area contributed by atoms with Gasteiger partial charge < -0.3 is 0 Å². The highest BCUT2D eigenvalue weighted by Crippen LogP contribution is 2.51. The van der Waals surface area contributed by atoms with Gasteiger partial charge in [-0.3, -0.25) is 19.9 Å². The second-order valence-electron chi connectivity index (χ2n) is 15.1. The van der Waals surface area contributed by atoms with Crippen molar-refractivity contribution in [2.45, 2.75) is 19.3 Å². The van der Waals surface area contributed by atoms with Crippen LogP contribution in [0.2, 0.25) is 0 Å². The maximum absolute atomic E-state index is 4.75. The van der Waals surface area contributed by atoms with Crippen LogP contribution in [0.25, 0.3) is 99.2 Å². The molecule has 4 heteroatoms. The largest absolute Gasteiger partial charge is 0.254 e. The highest BCUT2D eigenvalue weighted by molar-refractivity contribution is 6.11. The van der Waals surface area contributed by atoms with Crippen LogP contribution < -0.4 is 0 Å². The molecular weight excluding hydrogens is 669 g/mol. The van der Waals surface area contributed by atoms with Gasteiger partial charge >= 0.3 is 0 Å². The van der Waals surface area contributed by atoms with Gasteiger partial charge in [0, 0.05) is 51.7 Å². The van der Waals surface area contributed by atoms with Gasteiger partial charge in [0.25, 0.3) is 0 Å². The molecule has 0 radical (unpaired) electrons. The third-order valence-electron chi connectivity index (χ3n) is 11.6. The lowest BCUT2D eigenvalue weighted by Gasteiger charge is -2.23. The van der Waals surface area contributed by atoms with E-state index in [1.165, 1.54) is 66.8 Å². The fraction of sp³-hybridized carbons (Fsp3) is 0.0588. The lowest BCUT2D eigenvalue weighted by molar-refractivity contribution is 0.661. The van der Waals surface area contributed by atoms with E-state index in [0.29, 0.717) is 0 Å². The Labute approximate surface area is 318 Å². The SMILES string of the molecule is CC1(C)c2cc(-c3cccc(-c4cc5cccnc5c5ncccc45)c3)ccc2-c2ccc(-c3cccc(-c4cc5cccnc5c5ncccc45)c3)cc21. The molecule has 0 bridgehead atoms. The van der Waals surface area contributed by atoms with Crippen molar-refractivity contribution in [2.75, 3.05) is 0 Å². The molecule has 11 rings (SSSR count). The van der Waals surface area contributed by atoms with E-state index in [0.717, 1.165) is 43.6 Å². The molecule has 6 aromatic carbocycles. The molecule has 0 saturated carbocycles. The zero-order chi connectivity index (χ0) is 36.7. The normalized spacial score (nSPS) is 13.1. The molecule has 0 saturated heterocycles. The summed E-state index contributed by atoms with van der Waals surface area (Å²) in [6.07, 6.45) is 7.39. The molecule has 0 spiro atoms. The van der Waals surface area contributed by atoms with Crippen LogP contribution in [0.1, 0.15) is 25.0 Å². The molecule has 0 amide bonds. The summed E-state index contributed by atoms with van der Waals surface area (Å²) in [5.41, 5.74) is 18.4. The van der Waals surface area contributed by atoms with Crippen molar-refractivity contribution < 1.29 is 0 Å². The van der Waals surface area contributed by atoms with E-state index in [4.69, 9.17) is 9.97 Å². The third kappa shape index (κ3) is 4.92. The van der Waals surface area contributed by atoms with Gasteiger partial charge in [-0.1, -0.05) is 98.8 Å². The lowest BCUT2D eigenvalue weighted by atomic mass is 9.80. The monoisotopic (exact) mass is 702 g/mol. The average Bonchev–Trinajstić information content (AvgIpc) is 3.47. The van der Waals surface area contributed by atoms with Gasteiger partial charge in [-0.05, 0) is 127 Å². The number of hydrogen-bond donors (Lipinski definition) is 0. The van der Waals surface area contributed by atoms with Gasteiger partial charge in [-0.25, -0.2) is 0 Å². The number of pyridine rings is 4. The Kier molecular flexibility index (Phi) is 6.86. The molecule has 55 heavy (non-hydrogen) atoms. The Hall–Kier alpha value is -7.04. The van der Waals surface area contributed by atoms with Crippen LogP contribution in [-0.4, -0.2) is 19.9 Å². The molecule has 0 fully saturated rings. The molecule has 0 unspecified atom stereocenters. The zero-order valence-corrected chi connectivity index (χ0v) is 30.5. The molecule has 0 atom stereocenters. The van der Waals surface area contributed by atoms with E-state index in [-0.39, 0.29) is 5.41 Å². The number of aromatic nitrogens is 4. The third-order valence-corrected chi connectivity index (χ3v) is 11.6. The topological polar surface area (TPSA) is 51.6 Å². The Bertz CT molecular complexity index is 2980. The predicted octanol–water partition coefficient (Wildman–Crippen LogP) is 12.9. The molecule has 0 aliphatic heterocycles. The maximum atomic E-state index is 4.75. The van der Waals surface area contributed by atoms with Crippen molar-refractivity contribution in [3.63, 3.8) is 0 Å². The Morgan fingerprint density at radius 2 is 0.727 bits per heavy atom. The first-order valence-corrected chi connectivity index (χ1v) is 18.8. The highest BCUT2D eigenvalue weighted by atomic mass is 14.7. The van der Waals surface area contributed by atoms with Crippen molar-refractivity contribution >= 4 is 43.6 Å². The summed E-state index contributed by atoms with van der Waals surface area (Å²) in [5, 5.41) is 4.40. The van der Waals surface area contributed by atoms with Crippen molar-refractivity contribution in [1.82, 2.24) is 19.9 Å². The Balaban J connectivity index is 0.966. The average molecular weight is 703 g/mol. The van der Waals surface area contributed by atoms with E-state index in [1.807, 2.05) is 49.1 Å². The van der Waals surface area contributed by atoms with Crippen LogP contribution in [0.5, 0.6) is 0 Å². The minimum atomic E-state index is -0.174. The molecule has 1 aliphatic rings. The van der Waals surface area contributed by atoms with Crippen molar-refractivity contribution in [3.8, 4) is 55.6 Å². The molecule has 4 heterocycles. The fourth-order valence-electron chi connectivity index (χ4n) is 8.86. The summed E-state index contributed by atoms with van der Waals surface area (Å²) in [6, 6.07) is 52.9. The zero-order valence-electron chi connectivity index (χ0n) is 30.5. The summed E-state index contributed by atoms with van der Waals surface area (Å²) in [5.74, 6) is 0. The molecule has 4 nitrogen and oxygen atoms in total. The fourth-order valence-corrected chi connectivity index (χ4v) is 8.86. The summed E-state index contributed by atoms with van der Waals surface area (Å²) in [7, 11) is 0. The van der Waals surface area contributed by atoms with Gasteiger partial charge in [0.2, 0.25) is 0 Å². The first kappa shape index (κ1) is 31.5. The smallest absolute Gasteiger partial charge is 0.0970 e. The van der Waals surface area contributed by atoms with Crippen LogP contribution in [0.15, 0.2) is 170 Å². The lowest BCUT2D eigenvalue weighted by Crippen LogP contribution is -2.15. The second kappa shape index (κ2) is 12.0. The van der Waals surface area contributed by atoms with Crippen molar-refractivity contribution in [3.05, 3.63) is 182 Å². The molecule has 0 N–H and O–H groups in total. The molecule has 1 aliphatic carbocycles. The Morgan fingerprint density at radius 3 is 1.20 bits per heavy atom. The van der Waals surface area contributed by atoms with E-state index in [9.17, 15) is 0 Å². The minimum absolute atomic E-state index is 0.174. The van der Waals surface area contributed by atoms with Gasteiger partial charge in [0.05, 0.1) is 22.1 Å². The second-order valence-corrected chi connectivity index (χ2v) is 15.1. The van der Waals surface area contributed by atoms with Crippen LogP contribution in [0, 0.1) is 0 Å². The molecule has 4 aromatic heterocycles. The van der Waals surface area contributed by atoms with E-state index in [1.54, 1.807) is 0 Å². The number of nitrogens with zero attached hydrogens (tertiary/aromatic N) is 4. The van der Waals surface area contributed by atoms with Crippen LogP contribution >= 0.6 is 0 Å². The van der Waals surface area contributed by atoms with Gasteiger partial charge in [0.15, 0.2) is 0 Å². The van der Waals surface area contributed by atoms with Crippen LogP contribution in [0.4, 0.5) is 0 Å². The molecule has 258 valence electrons. The van der Waals surface area contributed by atoms with E-state index in [2.05, 4.69) is 145 Å². The Morgan fingerprint density at radius 1 is 0.327 bits per heavy atom. The standard InChI is InChI=1S/C51H34N4/c1-51(2)45-29-33(31-9-3-11-35(25-31)43-27-37-13-5-21-52-47(37)49-41(43)15-7-23-54-49)17-19-39(45)40-20-18-34(30-46(40)51)32-10-4-12-36(26-32)44-28-38-14-6-22-53-48(38)50-42(44)16-8-24-55-50/h3-30H,1-2H3. The van der Waals surface area contributed by atoms with Crippen LogP contribution in [0.3, 0.4) is 0 Å². The van der Waals surface area contributed by atoms with Crippen molar-refractivity contribution in [1.29, 1.82) is 0 Å². The molecular formula is C51H34N4. The van der Waals surface area contributed by atoms with Gasteiger partial charge in [0.1, 0.15) is 0 Å². The number of fused-ring (bicyclic) bond motifs is 9. The van der Waals surface area contributed by atoms with Crippen molar-refractivity contribution in [2.24, 2.45) is 0 Å². The maximum Gasteiger partial charge on any atom is 0.0970 e. The predicted molar refractivity (Wildman–Crippen MR) is 227 cm³/mol. The highest BCUT2D eigenvalue weighted by Gasteiger charge is 2.36. The first-order chi connectivity index (χ1) is 27.0. The van der Waals surface area contributed by atoms with E-state index >= 15 is 0 Å². The summed E-state index contributed by atoms with van der Waals surface area (Å²) in [6.45, 7) is 4.73. The number of rotatable bonds is 4.